The van der Waals surface area contributed by atoms with Crippen molar-refractivity contribution in [3.8, 4) is 0 Å². The summed E-state index contributed by atoms with van der Waals surface area (Å²) in [6, 6.07) is 0.458. The fraction of sp³-hybridized carbons (Fsp3) is 0.583. The van der Waals surface area contributed by atoms with Crippen molar-refractivity contribution in [3.05, 3.63) is 6.33 Å². The lowest BCUT2D eigenvalue weighted by atomic mass is 9.92. The molecule has 0 bridgehead atoms. The van der Waals surface area contributed by atoms with Crippen molar-refractivity contribution in [2.45, 2.75) is 32.7 Å². The van der Waals surface area contributed by atoms with Crippen LogP contribution in [0.25, 0.3) is 11.2 Å². The van der Waals surface area contributed by atoms with Gasteiger partial charge >= 0.3 is 0 Å². The number of nitrogens with two attached hydrogens (primary N) is 1. The molecule has 0 radical (unpaired) electrons. The van der Waals surface area contributed by atoms with E-state index in [4.69, 9.17) is 5.73 Å². The van der Waals surface area contributed by atoms with E-state index in [1.807, 2.05) is 0 Å². The average Bonchev–Trinajstić information content (AvgIpc) is 2.79. The maximum atomic E-state index is 5.77. The molecule has 18 heavy (non-hydrogen) atoms. The van der Waals surface area contributed by atoms with Gasteiger partial charge in [0.15, 0.2) is 11.5 Å². The third kappa shape index (κ3) is 1.68. The predicted molar refractivity (Wildman–Crippen MR) is 71.3 cm³/mol. The number of imidazole rings is 1. The quantitative estimate of drug-likeness (QED) is 0.797. The van der Waals surface area contributed by atoms with E-state index < -0.39 is 0 Å². The molecular weight excluding hydrogens is 228 g/mol. The molecule has 2 unspecified atom stereocenters. The van der Waals surface area contributed by atoms with Crippen LogP contribution in [-0.2, 0) is 0 Å². The molecule has 2 aromatic heterocycles. The summed E-state index contributed by atoms with van der Waals surface area (Å²) in [7, 11) is 0. The maximum Gasteiger partial charge on any atom is 0.224 e. The molecule has 0 amide bonds. The van der Waals surface area contributed by atoms with Crippen LogP contribution in [0.5, 0.6) is 0 Å². The van der Waals surface area contributed by atoms with Crippen molar-refractivity contribution in [2.24, 2.45) is 5.92 Å². The van der Waals surface area contributed by atoms with Gasteiger partial charge in [-0.3, -0.25) is 0 Å². The molecule has 3 rings (SSSR count). The topological polar surface area (TPSA) is 83.7 Å². The molecule has 1 saturated heterocycles. The van der Waals surface area contributed by atoms with Gasteiger partial charge in [0.1, 0.15) is 5.52 Å². The zero-order valence-electron chi connectivity index (χ0n) is 10.7. The minimum atomic E-state index is 0.287. The third-order valence-electron chi connectivity index (χ3n) is 3.93. The summed E-state index contributed by atoms with van der Waals surface area (Å²) in [5.41, 5.74) is 7.29. The van der Waals surface area contributed by atoms with Crippen LogP contribution in [0.4, 0.5) is 11.8 Å². The van der Waals surface area contributed by atoms with E-state index in [-0.39, 0.29) is 5.95 Å². The normalized spacial score (nSPS) is 24.7. The Morgan fingerprint density at radius 2 is 2.22 bits per heavy atom. The molecule has 0 saturated carbocycles. The lowest BCUT2D eigenvalue weighted by molar-refractivity contribution is 0.362. The number of nitrogen functional groups attached to an aromatic ring is 1. The Kier molecular flexibility index (Phi) is 2.57. The SMILES string of the molecule is CC1CCCN(c2nc(N)nc3nc[nH]c23)C1C. The van der Waals surface area contributed by atoms with Crippen molar-refractivity contribution in [1.29, 1.82) is 0 Å². The van der Waals surface area contributed by atoms with Crippen molar-refractivity contribution in [1.82, 2.24) is 19.9 Å². The van der Waals surface area contributed by atoms with Gasteiger partial charge in [-0.1, -0.05) is 6.92 Å². The first kappa shape index (κ1) is 11.3. The molecule has 1 aliphatic heterocycles. The first-order chi connectivity index (χ1) is 8.66. The van der Waals surface area contributed by atoms with Crippen LogP contribution in [0, 0.1) is 5.92 Å². The Balaban J connectivity index is 2.10. The van der Waals surface area contributed by atoms with Crippen LogP contribution < -0.4 is 10.6 Å². The Morgan fingerprint density at radius 1 is 1.39 bits per heavy atom. The van der Waals surface area contributed by atoms with Crippen LogP contribution in [-0.4, -0.2) is 32.5 Å². The summed E-state index contributed by atoms with van der Waals surface area (Å²) in [6.07, 6.45) is 4.09. The molecule has 0 aromatic carbocycles. The van der Waals surface area contributed by atoms with E-state index in [0.29, 0.717) is 17.6 Å². The Morgan fingerprint density at radius 3 is 3.06 bits per heavy atom. The number of piperidine rings is 1. The molecule has 1 aliphatic rings. The van der Waals surface area contributed by atoms with E-state index in [2.05, 4.69) is 38.7 Å². The summed E-state index contributed by atoms with van der Waals surface area (Å²) in [4.78, 5) is 18.1. The number of anilines is 2. The molecule has 6 nitrogen and oxygen atoms in total. The number of H-pyrrole nitrogens is 1. The third-order valence-corrected chi connectivity index (χ3v) is 3.93. The van der Waals surface area contributed by atoms with Crippen molar-refractivity contribution in [3.63, 3.8) is 0 Å². The zero-order chi connectivity index (χ0) is 12.7. The maximum absolute atomic E-state index is 5.77. The van der Waals surface area contributed by atoms with Gasteiger partial charge < -0.3 is 15.6 Å². The number of hydrogen-bond acceptors (Lipinski definition) is 5. The monoisotopic (exact) mass is 246 g/mol. The van der Waals surface area contributed by atoms with E-state index >= 15 is 0 Å². The van der Waals surface area contributed by atoms with Crippen molar-refractivity contribution < 1.29 is 0 Å². The van der Waals surface area contributed by atoms with Crippen LogP contribution in [0.3, 0.4) is 0 Å². The number of nitrogens with zero attached hydrogens (tertiary/aromatic N) is 4. The minimum Gasteiger partial charge on any atom is -0.368 e. The van der Waals surface area contributed by atoms with Gasteiger partial charge in [0.25, 0.3) is 0 Å². The number of aromatic nitrogens is 4. The van der Waals surface area contributed by atoms with Crippen LogP contribution in [0.15, 0.2) is 6.33 Å². The lowest BCUT2D eigenvalue weighted by Crippen LogP contribution is -2.43. The highest BCUT2D eigenvalue weighted by Crippen LogP contribution is 2.30. The largest absolute Gasteiger partial charge is 0.368 e. The van der Waals surface area contributed by atoms with Gasteiger partial charge in [0.2, 0.25) is 5.95 Å². The Bertz CT molecular complexity index is 563. The fourth-order valence-electron chi connectivity index (χ4n) is 2.68. The second-order valence-corrected chi connectivity index (χ2v) is 5.06. The predicted octanol–water partition coefficient (Wildman–Crippen LogP) is 1.56. The summed E-state index contributed by atoms with van der Waals surface area (Å²) in [5, 5.41) is 0. The highest BCUT2D eigenvalue weighted by atomic mass is 15.3. The number of rotatable bonds is 1. The summed E-state index contributed by atoms with van der Waals surface area (Å²) in [6.45, 7) is 5.53. The Hall–Kier alpha value is -1.85. The van der Waals surface area contributed by atoms with Gasteiger partial charge in [-0.15, -0.1) is 0 Å². The highest BCUT2D eigenvalue weighted by molar-refractivity contribution is 5.84. The average molecular weight is 246 g/mol. The van der Waals surface area contributed by atoms with Gasteiger partial charge in [0.05, 0.1) is 6.33 Å². The lowest BCUT2D eigenvalue weighted by Gasteiger charge is -2.38. The molecule has 0 spiro atoms. The molecule has 2 aromatic rings. The van der Waals surface area contributed by atoms with E-state index in [1.54, 1.807) is 6.33 Å². The molecular formula is C12H18N6. The van der Waals surface area contributed by atoms with E-state index in [1.165, 1.54) is 12.8 Å². The zero-order valence-corrected chi connectivity index (χ0v) is 10.7. The van der Waals surface area contributed by atoms with Gasteiger partial charge in [-0.05, 0) is 25.7 Å². The minimum absolute atomic E-state index is 0.287. The highest BCUT2D eigenvalue weighted by Gasteiger charge is 2.27. The molecule has 3 N–H and O–H groups in total. The second-order valence-electron chi connectivity index (χ2n) is 5.06. The molecule has 6 heteroatoms. The molecule has 3 heterocycles. The van der Waals surface area contributed by atoms with Crippen LogP contribution in [0.2, 0.25) is 0 Å². The van der Waals surface area contributed by atoms with Crippen molar-refractivity contribution >= 4 is 22.9 Å². The number of fused-ring (bicyclic) bond motifs is 1. The fourth-order valence-corrected chi connectivity index (χ4v) is 2.68. The first-order valence-corrected chi connectivity index (χ1v) is 6.40. The van der Waals surface area contributed by atoms with Gasteiger partial charge in [-0.25, -0.2) is 4.98 Å². The summed E-state index contributed by atoms with van der Waals surface area (Å²) >= 11 is 0. The summed E-state index contributed by atoms with van der Waals surface area (Å²) in [5.74, 6) is 1.83. The molecule has 1 fully saturated rings. The van der Waals surface area contributed by atoms with Crippen molar-refractivity contribution in [2.75, 3.05) is 17.2 Å². The molecule has 96 valence electrons. The summed E-state index contributed by atoms with van der Waals surface area (Å²) < 4.78 is 0. The smallest absolute Gasteiger partial charge is 0.224 e. The number of aromatic amines is 1. The Labute approximate surface area is 106 Å². The van der Waals surface area contributed by atoms with E-state index in [0.717, 1.165) is 17.9 Å². The number of hydrogen-bond donors (Lipinski definition) is 2. The van der Waals surface area contributed by atoms with Gasteiger partial charge in [-0.2, -0.15) is 9.97 Å². The molecule has 0 aliphatic carbocycles. The van der Waals surface area contributed by atoms with Crippen LogP contribution >= 0.6 is 0 Å². The van der Waals surface area contributed by atoms with Gasteiger partial charge in [0, 0.05) is 12.6 Å². The number of nitrogens with one attached hydrogen (secondary N) is 1. The van der Waals surface area contributed by atoms with E-state index in [9.17, 15) is 0 Å². The second kappa shape index (κ2) is 4.12. The first-order valence-electron chi connectivity index (χ1n) is 6.40. The van der Waals surface area contributed by atoms with Crippen LogP contribution in [0.1, 0.15) is 26.7 Å². The molecule has 2 atom stereocenters. The standard InChI is InChI=1S/C12H18N6/c1-7-4-3-5-18(8(7)2)11-9-10(15-6-14-9)16-12(13)17-11/h6-8H,3-5H2,1-2H3,(H3,13,14,15,16,17).